The number of aliphatic carboxylic acids is 1. The van der Waals surface area contributed by atoms with Crippen molar-refractivity contribution in [1.82, 2.24) is 0 Å². The van der Waals surface area contributed by atoms with Gasteiger partial charge in [-0.25, -0.2) is 0 Å². The smallest absolute Gasteiger partial charge is 0.309 e. The molecule has 0 saturated carbocycles. The highest BCUT2D eigenvalue weighted by Gasteiger charge is 2.22. The van der Waals surface area contributed by atoms with E-state index in [-0.39, 0.29) is 12.4 Å². The number of allylic oxidation sites excluding steroid dienone is 2. The van der Waals surface area contributed by atoms with Crippen molar-refractivity contribution in [3.63, 3.8) is 0 Å². The van der Waals surface area contributed by atoms with Gasteiger partial charge in [0.25, 0.3) is 0 Å². The van der Waals surface area contributed by atoms with Crippen LogP contribution in [0.4, 0.5) is 0 Å². The summed E-state index contributed by atoms with van der Waals surface area (Å²) in [6.07, 6.45) is 29.4. The maximum atomic E-state index is 12.0. The molecule has 0 aliphatic rings. The maximum Gasteiger partial charge on any atom is 0.309 e. The molecule has 33 heavy (non-hydrogen) atoms. The predicted octanol–water partition coefficient (Wildman–Crippen LogP) is 9.02. The van der Waals surface area contributed by atoms with E-state index in [0.717, 1.165) is 19.3 Å². The van der Waals surface area contributed by atoms with Gasteiger partial charge in [0.05, 0.1) is 18.9 Å². The van der Waals surface area contributed by atoms with Crippen LogP contribution in [0, 0.1) is 5.92 Å². The first-order valence-electron chi connectivity index (χ1n) is 14.1. The van der Waals surface area contributed by atoms with Crippen molar-refractivity contribution >= 4 is 11.9 Å². The number of hydrogen-bond acceptors (Lipinski definition) is 3. The number of esters is 1. The number of carbonyl (C=O) groups is 2. The molecular formula is C29H54O4. The average Bonchev–Trinajstić information content (AvgIpc) is 2.80. The zero-order valence-corrected chi connectivity index (χ0v) is 22.0. The zero-order valence-electron chi connectivity index (χ0n) is 22.0. The van der Waals surface area contributed by atoms with Gasteiger partial charge in [0.15, 0.2) is 0 Å². The fraction of sp³-hybridized carbons (Fsp3) is 0.862. The summed E-state index contributed by atoms with van der Waals surface area (Å²) in [5, 5.41) is 9.00. The first kappa shape index (κ1) is 31.7. The molecule has 0 amide bonds. The molecule has 1 N–H and O–H groups in total. The number of ether oxygens (including phenoxy) is 1. The fourth-order valence-corrected chi connectivity index (χ4v) is 4.18. The Hall–Kier alpha value is -1.32. The first-order valence-corrected chi connectivity index (χ1v) is 14.1. The lowest BCUT2D eigenvalue weighted by atomic mass is 9.99. The Morgan fingerprint density at radius 2 is 1.12 bits per heavy atom. The second kappa shape index (κ2) is 25.3. The van der Waals surface area contributed by atoms with Crippen LogP contribution in [-0.4, -0.2) is 23.7 Å². The van der Waals surface area contributed by atoms with E-state index < -0.39 is 11.9 Å². The monoisotopic (exact) mass is 466 g/mol. The second-order valence-corrected chi connectivity index (χ2v) is 9.60. The molecule has 194 valence electrons. The van der Waals surface area contributed by atoms with E-state index in [2.05, 4.69) is 19.1 Å². The van der Waals surface area contributed by atoms with Crippen molar-refractivity contribution in [3.05, 3.63) is 12.2 Å². The largest absolute Gasteiger partial charge is 0.481 e. The summed E-state index contributed by atoms with van der Waals surface area (Å²) in [5.41, 5.74) is 0. The van der Waals surface area contributed by atoms with Crippen LogP contribution in [0.15, 0.2) is 12.2 Å². The van der Waals surface area contributed by atoms with Crippen molar-refractivity contribution in [2.75, 3.05) is 6.61 Å². The normalized spacial score (nSPS) is 12.3. The Bertz CT molecular complexity index is 472. The number of unbranched alkanes of at least 4 members (excludes halogenated alkanes) is 16. The third kappa shape index (κ3) is 23.6. The fourth-order valence-electron chi connectivity index (χ4n) is 4.18. The van der Waals surface area contributed by atoms with Crippen LogP contribution in [0.25, 0.3) is 0 Å². The molecule has 0 bridgehead atoms. The van der Waals surface area contributed by atoms with Crippen LogP contribution in [0.5, 0.6) is 0 Å². The number of carbonyl (C=O) groups excluding carboxylic acids is 1. The molecular weight excluding hydrogens is 412 g/mol. The van der Waals surface area contributed by atoms with Crippen LogP contribution < -0.4 is 0 Å². The first-order chi connectivity index (χ1) is 16.1. The van der Waals surface area contributed by atoms with Crippen molar-refractivity contribution < 1.29 is 19.4 Å². The van der Waals surface area contributed by atoms with E-state index in [0.29, 0.717) is 13.0 Å². The molecule has 1 atom stereocenters. The second-order valence-electron chi connectivity index (χ2n) is 9.60. The van der Waals surface area contributed by atoms with Gasteiger partial charge in [-0.2, -0.15) is 0 Å². The molecule has 0 aromatic rings. The molecule has 0 fully saturated rings. The summed E-state index contributed by atoms with van der Waals surface area (Å²) in [5.74, 6) is -1.84. The Balaban J connectivity index is 3.48. The van der Waals surface area contributed by atoms with Crippen LogP contribution in [0.2, 0.25) is 0 Å². The molecule has 0 spiro atoms. The average molecular weight is 467 g/mol. The number of carboxylic acid groups (broad SMARTS) is 1. The third-order valence-corrected chi connectivity index (χ3v) is 6.28. The van der Waals surface area contributed by atoms with Gasteiger partial charge < -0.3 is 9.84 Å². The summed E-state index contributed by atoms with van der Waals surface area (Å²) >= 11 is 0. The van der Waals surface area contributed by atoms with Crippen LogP contribution in [-0.2, 0) is 14.3 Å². The minimum Gasteiger partial charge on any atom is -0.481 e. The SMILES string of the molecule is CCCCCCCCCCCCCCCCCC/C=C/CCC(CC(=O)O)C(=O)OCCC. The zero-order chi connectivity index (χ0) is 24.4. The molecule has 0 aromatic carbocycles. The Labute approximate surface area is 204 Å². The lowest BCUT2D eigenvalue weighted by Gasteiger charge is -2.12. The maximum absolute atomic E-state index is 12.0. The van der Waals surface area contributed by atoms with Crippen LogP contribution >= 0.6 is 0 Å². The molecule has 0 saturated heterocycles. The number of hydrogen-bond donors (Lipinski definition) is 1. The summed E-state index contributed by atoms with van der Waals surface area (Å²) < 4.78 is 5.12. The van der Waals surface area contributed by atoms with E-state index in [1.165, 1.54) is 103 Å². The van der Waals surface area contributed by atoms with E-state index in [9.17, 15) is 9.59 Å². The van der Waals surface area contributed by atoms with Gasteiger partial charge in [-0.15, -0.1) is 0 Å². The van der Waals surface area contributed by atoms with Crippen molar-refractivity contribution in [1.29, 1.82) is 0 Å². The Morgan fingerprint density at radius 1 is 0.667 bits per heavy atom. The number of rotatable bonds is 25. The van der Waals surface area contributed by atoms with Crippen molar-refractivity contribution in [3.8, 4) is 0 Å². The van der Waals surface area contributed by atoms with E-state index >= 15 is 0 Å². The highest BCUT2D eigenvalue weighted by Crippen LogP contribution is 2.16. The van der Waals surface area contributed by atoms with Crippen molar-refractivity contribution in [2.45, 2.75) is 149 Å². The van der Waals surface area contributed by atoms with Gasteiger partial charge in [0.2, 0.25) is 0 Å². The molecule has 4 nitrogen and oxygen atoms in total. The molecule has 0 heterocycles. The topological polar surface area (TPSA) is 63.6 Å². The van der Waals surface area contributed by atoms with Gasteiger partial charge >= 0.3 is 11.9 Å². The van der Waals surface area contributed by atoms with Gasteiger partial charge in [-0.3, -0.25) is 9.59 Å². The van der Waals surface area contributed by atoms with Crippen LogP contribution in [0.3, 0.4) is 0 Å². The third-order valence-electron chi connectivity index (χ3n) is 6.28. The van der Waals surface area contributed by atoms with E-state index in [4.69, 9.17) is 9.84 Å². The van der Waals surface area contributed by atoms with Gasteiger partial charge in [0.1, 0.15) is 0 Å². The molecule has 0 aromatic heterocycles. The highest BCUT2D eigenvalue weighted by atomic mass is 16.5. The van der Waals surface area contributed by atoms with E-state index in [1.54, 1.807) is 0 Å². The van der Waals surface area contributed by atoms with Gasteiger partial charge in [-0.05, 0) is 32.1 Å². The minimum absolute atomic E-state index is 0.143. The summed E-state index contributed by atoms with van der Waals surface area (Å²) in [6.45, 7) is 4.58. The standard InChI is InChI=1S/C29H54O4/c1-3-5-6-7-8-9-10-11-12-13-14-15-16-17-18-19-20-21-22-23-24-27(26-28(30)31)29(32)33-25-4-2/h21-22,27H,3-20,23-26H2,1-2H3,(H,30,31)/b22-21+. The molecule has 0 aliphatic heterocycles. The van der Waals surface area contributed by atoms with Gasteiger partial charge in [-0.1, -0.05) is 122 Å². The molecule has 0 radical (unpaired) electrons. The predicted molar refractivity (Wildman–Crippen MR) is 140 cm³/mol. The quantitative estimate of drug-likeness (QED) is 0.0828. The lowest BCUT2D eigenvalue weighted by molar-refractivity contribution is -0.153. The molecule has 0 rings (SSSR count). The summed E-state index contributed by atoms with van der Waals surface area (Å²) in [6, 6.07) is 0. The Morgan fingerprint density at radius 3 is 1.58 bits per heavy atom. The van der Waals surface area contributed by atoms with Gasteiger partial charge in [0, 0.05) is 0 Å². The van der Waals surface area contributed by atoms with Crippen LogP contribution in [0.1, 0.15) is 149 Å². The summed E-state index contributed by atoms with van der Waals surface area (Å²) in [7, 11) is 0. The summed E-state index contributed by atoms with van der Waals surface area (Å²) in [4.78, 5) is 22.9. The molecule has 1 unspecified atom stereocenters. The minimum atomic E-state index is -0.939. The van der Waals surface area contributed by atoms with E-state index in [1.807, 2.05) is 6.92 Å². The highest BCUT2D eigenvalue weighted by molar-refractivity contribution is 5.79. The van der Waals surface area contributed by atoms with Crippen molar-refractivity contribution in [2.24, 2.45) is 5.92 Å². The number of carboxylic acids is 1. The molecule has 4 heteroatoms. The lowest BCUT2D eigenvalue weighted by Crippen LogP contribution is -2.21. The molecule has 0 aliphatic carbocycles. The Kier molecular flexibility index (Phi) is 24.3.